The van der Waals surface area contributed by atoms with Crippen molar-refractivity contribution >= 4 is 11.2 Å². The minimum absolute atomic E-state index is 0.226. The highest BCUT2D eigenvalue weighted by atomic mass is 16.1. The van der Waals surface area contributed by atoms with E-state index in [9.17, 15) is 4.79 Å². The largest absolute Gasteiger partial charge is 0.295 e. The van der Waals surface area contributed by atoms with Crippen LogP contribution < -0.4 is 5.56 Å². The van der Waals surface area contributed by atoms with Crippen LogP contribution in [0.3, 0.4) is 0 Å². The molecule has 0 saturated carbocycles. The van der Waals surface area contributed by atoms with Crippen LogP contribution >= 0.6 is 0 Å². The molecule has 2 aromatic rings. The predicted molar refractivity (Wildman–Crippen MR) is 49.8 cm³/mol. The molecule has 6 heteroatoms. The SMILES string of the molecule is CC(C)c1cnc2c(=O)[nH]nnc2n1. The fourth-order valence-electron chi connectivity index (χ4n) is 1.07. The molecule has 0 aliphatic rings. The standard InChI is InChI=1S/C8H9N5O/c1-4(2)5-3-9-6-7(10-5)11-13-12-8(6)14/h3-4H,1-2H3,(H,10,11,12,14). The first-order valence-corrected chi connectivity index (χ1v) is 4.26. The van der Waals surface area contributed by atoms with Crippen molar-refractivity contribution in [3.8, 4) is 0 Å². The molecule has 72 valence electrons. The van der Waals surface area contributed by atoms with Gasteiger partial charge in [0, 0.05) is 6.20 Å². The van der Waals surface area contributed by atoms with Crippen molar-refractivity contribution in [3.05, 3.63) is 22.2 Å². The van der Waals surface area contributed by atoms with Crippen molar-refractivity contribution in [1.82, 2.24) is 25.4 Å². The first kappa shape index (κ1) is 8.74. The molecule has 0 saturated heterocycles. The maximum atomic E-state index is 11.2. The van der Waals surface area contributed by atoms with Crippen LogP contribution in [-0.2, 0) is 0 Å². The van der Waals surface area contributed by atoms with Gasteiger partial charge in [0.25, 0.3) is 5.56 Å². The summed E-state index contributed by atoms with van der Waals surface area (Å²) in [5, 5.41) is 9.33. The summed E-state index contributed by atoms with van der Waals surface area (Å²) in [6.07, 6.45) is 1.59. The lowest BCUT2D eigenvalue weighted by Crippen LogP contribution is -2.13. The maximum Gasteiger partial charge on any atom is 0.295 e. The van der Waals surface area contributed by atoms with Gasteiger partial charge in [0.15, 0.2) is 5.52 Å². The molecule has 2 heterocycles. The van der Waals surface area contributed by atoms with E-state index in [2.05, 4.69) is 25.4 Å². The molecule has 0 bridgehead atoms. The Kier molecular flexibility index (Phi) is 1.95. The van der Waals surface area contributed by atoms with Crippen LogP contribution in [0.5, 0.6) is 0 Å². The number of hydrogen-bond donors (Lipinski definition) is 1. The quantitative estimate of drug-likeness (QED) is 0.697. The summed E-state index contributed by atoms with van der Waals surface area (Å²) in [4.78, 5) is 19.4. The van der Waals surface area contributed by atoms with Crippen molar-refractivity contribution in [2.24, 2.45) is 0 Å². The van der Waals surface area contributed by atoms with Crippen LogP contribution in [0.1, 0.15) is 25.5 Å². The van der Waals surface area contributed by atoms with E-state index in [1.165, 1.54) is 0 Å². The summed E-state index contributed by atoms with van der Waals surface area (Å²) in [7, 11) is 0. The average Bonchev–Trinajstić information content (AvgIpc) is 2.17. The summed E-state index contributed by atoms with van der Waals surface area (Å²) >= 11 is 0. The molecular formula is C8H9N5O. The van der Waals surface area contributed by atoms with Crippen molar-refractivity contribution in [2.75, 3.05) is 0 Å². The summed E-state index contributed by atoms with van der Waals surface area (Å²) in [5.41, 5.74) is 0.958. The van der Waals surface area contributed by atoms with E-state index in [4.69, 9.17) is 0 Å². The number of rotatable bonds is 1. The zero-order valence-electron chi connectivity index (χ0n) is 7.85. The van der Waals surface area contributed by atoms with Gasteiger partial charge in [0.1, 0.15) is 0 Å². The third kappa shape index (κ3) is 1.34. The number of hydrogen-bond acceptors (Lipinski definition) is 5. The highest BCUT2D eigenvalue weighted by Crippen LogP contribution is 2.10. The fourth-order valence-corrected chi connectivity index (χ4v) is 1.07. The molecule has 0 aromatic carbocycles. The van der Waals surface area contributed by atoms with Gasteiger partial charge in [-0.1, -0.05) is 19.1 Å². The summed E-state index contributed by atoms with van der Waals surface area (Å²) < 4.78 is 0. The van der Waals surface area contributed by atoms with Gasteiger partial charge in [0.2, 0.25) is 5.65 Å². The van der Waals surface area contributed by atoms with Gasteiger partial charge in [-0.3, -0.25) is 4.79 Å². The Morgan fingerprint density at radius 3 is 2.93 bits per heavy atom. The molecule has 0 spiro atoms. The van der Waals surface area contributed by atoms with E-state index < -0.39 is 0 Å². The first-order valence-electron chi connectivity index (χ1n) is 4.26. The number of fused-ring (bicyclic) bond motifs is 1. The molecule has 0 atom stereocenters. The average molecular weight is 191 g/mol. The van der Waals surface area contributed by atoms with E-state index in [0.717, 1.165) is 5.69 Å². The number of nitrogens with one attached hydrogen (secondary N) is 1. The van der Waals surface area contributed by atoms with Crippen LogP contribution in [-0.4, -0.2) is 25.4 Å². The van der Waals surface area contributed by atoms with Crippen LogP contribution in [0.25, 0.3) is 11.2 Å². The number of aromatic nitrogens is 5. The second-order valence-corrected chi connectivity index (χ2v) is 3.26. The molecule has 0 radical (unpaired) electrons. The summed E-state index contributed by atoms with van der Waals surface area (Å²) in [6.45, 7) is 3.99. The lowest BCUT2D eigenvalue weighted by atomic mass is 10.1. The lowest BCUT2D eigenvalue weighted by molar-refractivity contribution is 0.801. The van der Waals surface area contributed by atoms with Crippen LogP contribution in [0.2, 0.25) is 0 Å². The third-order valence-corrected chi connectivity index (χ3v) is 1.88. The second-order valence-electron chi connectivity index (χ2n) is 3.26. The Bertz CT molecular complexity index is 518. The first-order chi connectivity index (χ1) is 6.68. The number of aromatic amines is 1. The van der Waals surface area contributed by atoms with Gasteiger partial charge < -0.3 is 0 Å². The third-order valence-electron chi connectivity index (χ3n) is 1.88. The van der Waals surface area contributed by atoms with E-state index in [1.807, 2.05) is 13.8 Å². The van der Waals surface area contributed by atoms with Gasteiger partial charge in [0.05, 0.1) is 5.69 Å². The Balaban J connectivity index is 2.74. The van der Waals surface area contributed by atoms with Crippen molar-refractivity contribution < 1.29 is 0 Å². The van der Waals surface area contributed by atoms with Gasteiger partial charge in [-0.2, -0.15) is 0 Å². The van der Waals surface area contributed by atoms with Crippen molar-refractivity contribution in [1.29, 1.82) is 0 Å². The molecule has 0 aliphatic heterocycles. The minimum atomic E-state index is -0.363. The van der Waals surface area contributed by atoms with E-state index in [0.29, 0.717) is 5.65 Å². The molecule has 0 aliphatic carbocycles. The van der Waals surface area contributed by atoms with Gasteiger partial charge in [-0.15, -0.1) is 5.10 Å². The van der Waals surface area contributed by atoms with Crippen molar-refractivity contribution in [2.45, 2.75) is 19.8 Å². The predicted octanol–water partition coefficient (Wildman–Crippen LogP) is 0.231. The Morgan fingerprint density at radius 2 is 2.21 bits per heavy atom. The van der Waals surface area contributed by atoms with Crippen LogP contribution in [0.4, 0.5) is 0 Å². The van der Waals surface area contributed by atoms with Gasteiger partial charge >= 0.3 is 0 Å². The highest BCUT2D eigenvalue weighted by molar-refractivity contribution is 5.66. The molecular weight excluding hydrogens is 182 g/mol. The van der Waals surface area contributed by atoms with E-state index in [1.54, 1.807) is 6.20 Å². The molecule has 0 amide bonds. The number of nitrogens with zero attached hydrogens (tertiary/aromatic N) is 4. The zero-order valence-corrected chi connectivity index (χ0v) is 7.85. The molecule has 0 unspecified atom stereocenters. The summed E-state index contributed by atoms with van der Waals surface area (Å²) in [6, 6.07) is 0. The Morgan fingerprint density at radius 1 is 1.43 bits per heavy atom. The molecule has 6 nitrogen and oxygen atoms in total. The lowest BCUT2D eigenvalue weighted by Gasteiger charge is -2.02. The Labute approximate surface area is 79.4 Å². The normalized spacial score (nSPS) is 11.1. The molecule has 14 heavy (non-hydrogen) atoms. The van der Waals surface area contributed by atoms with Crippen LogP contribution in [0, 0.1) is 0 Å². The minimum Gasteiger partial charge on any atom is -0.265 e. The van der Waals surface area contributed by atoms with Gasteiger partial charge in [-0.25, -0.2) is 15.1 Å². The van der Waals surface area contributed by atoms with E-state index >= 15 is 0 Å². The highest BCUT2D eigenvalue weighted by Gasteiger charge is 2.06. The summed E-state index contributed by atoms with van der Waals surface area (Å²) in [5.74, 6) is 0.257. The zero-order chi connectivity index (χ0) is 10.1. The molecule has 2 aromatic heterocycles. The monoisotopic (exact) mass is 191 g/mol. The second kappa shape index (κ2) is 3.13. The van der Waals surface area contributed by atoms with Crippen LogP contribution in [0.15, 0.2) is 11.0 Å². The number of H-pyrrole nitrogens is 1. The molecule has 2 rings (SSSR count). The van der Waals surface area contributed by atoms with Crippen molar-refractivity contribution in [3.63, 3.8) is 0 Å². The topological polar surface area (TPSA) is 84.4 Å². The fraction of sp³-hybridized carbons (Fsp3) is 0.375. The Hall–Kier alpha value is -1.85. The van der Waals surface area contributed by atoms with E-state index in [-0.39, 0.29) is 17.0 Å². The smallest absolute Gasteiger partial charge is 0.265 e. The molecule has 0 fully saturated rings. The maximum absolute atomic E-state index is 11.2. The molecule has 1 N–H and O–H groups in total. The van der Waals surface area contributed by atoms with Gasteiger partial charge in [-0.05, 0) is 5.92 Å².